The number of imidazole rings is 1. The molecule has 7 heteroatoms. The zero-order valence-electron chi connectivity index (χ0n) is 12.4. The van der Waals surface area contributed by atoms with Crippen molar-refractivity contribution >= 4 is 10.0 Å². The largest absolute Gasteiger partial charge is 0.334 e. The molecule has 2 heterocycles. The van der Waals surface area contributed by atoms with Crippen LogP contribution in [0.2, 0.25) is 0 Å². The summed E-state index contributed by atoms with van der Waals surface area (Å²) in [6.45, 7) is 6.81. The first-order valence-electron chi connectivity index (χ1n) is 7.19. The van der Waals surface area contributed by atoms with Gasteiger partial charge in [0.2, 0.25) is 0 Å². The van der Waals surface area contributed by atoms with E-state index in [0.29, 0.717) is 13.1 Å². The molecule has 0 aliphatic carbocycles. The quantitative estimate of drug-likeness (QED) is 0.903. The van der Waals surface area contributed by atoms with Crippen molar-refractivity contribution in [2.24, 2.45) is 5.73 Å². The van der Waals surface area contributed by atoms with Gasteiger partial charge in [-0.1, -0.05) is 6.42 Å². The van der Waals surface area contributed by atoms with Crippen molar-refractivity contribution in [3.63, 3.8) is 0 Å². The summed E-state index contributed by atoms with van der Waals surface area (Å²) in [5.74, 6) is 0.722. The molecule has 0 bridgehead atoms. The molecule has 20 heavy (non-hydrogen) atoms. The SMILES string of the molecule is CCn1cc(S(=O)(=O)N2C(C)CCCC2CN)nc1C. The van der Waals surface area contributed by atoms with E-state index >= 15 is 0 Å². The standard InChI is InChI=1S/C13H24N4O2S/c1-4-16-9-13(15-11(16)3)20(18,19)17-10(2)6-5-7-12(17)8-14/h9-10,12H,4-8,14H2,1-3H3. The number of nitrogens with two attached hydrogens (primary N) is 1. The van der Waals surface area contributed by atoms with Crippen LogP contribution in [0.4, 0.5) is 0 Å². The highest BCUT2D eigenvalue weighted by Crippen LogP contribution is 2.28. The molecule has 6 nitrogen and oxygen atoms in total. The number of hydrogen-bond acceptors (Lipinski definition) is 4. The smallest absolute Gasteiger partial charge is 0.262 e. The normalized spacial score (nSPS) is 25.0. The summed E-state index contributed by atoms with van der Waals surface area (Å²) >= 11 is 0. The number of nitrogens with zero attached hydrogens (tertiary/aromatic N) is 3. The fraction of sp³-hybridized carbons (Fsp3) is 0.769. The minimum Gasteiger partial charge on any atom is -0.334 e. The second-order valence-electron chi connectivity index (χ2n) is 5.42. The number of sulfonamides is 1. The van der Waals surface area contributed by atoms with Crippen LogP contribution in [0.1, 0.15) is 38.9 Å². The zero-order chi connectivity index (χ0) is 14.9. The van der Waals surface area contributed by atoms with E-state index in [4.69, 9.17) is 5.73 Å². The molecule has 2 atom stereocenters. The van der Waals surface area contributed by atoms with Gasteiger partial charge in [-0.15, -0.1) is 0 Å². The minimum atomic E-state index is -3.56. The molecule has 1 aromatic heterocycles. The number of piperidine rings is 1. The van der Waals surface area contributed by atoms with Gasteiger partial charge in [-0.2, -0.15) is 4.31 Å². The van der Waals surface area contributed by atoms with Crippen LogP contribution >= 0.6 is 0 Å². The van der Waals surface area contributed by atoms with Gasteiger partial charge in [0.25, 0.3) is 10.0 Å². The lowest BCUT2D eigenvalue weighted by molar-refractivity contribution is 0.195. The van der Waals surface area contributed by atoms with Gasteiger partial charge in [-0.3, -0.25) is 0 Å². The maximum Gasteiger partial charge on any atom is 0.262 e. The van der Waals surface area contributed by atoms with E-state index in [9.17, 15) is 8.42 Å². The van der Waals surface area contributed by atoms with Crippen LogP contribution in [0.15, 0.2) is 11.2 Å². The van der Waals surface area contributed by atoms with Gasteiger partial charge in [0.05, 0.1) is 0 Å². The molecule has 2 unspecified atom stereocenters. The predicted octanol–water partition coefficient (Wildman–Crippen LogP) is 1.10. The van der Waals surface area contributed by atoms with Crippen molar-refractivity contribution in [2.45, 2.75) is 63.7 Å². The molecule has 1 aliphatic heterocycles. The Balaban J connectivity index is 2.41. The van der Waals surface area contributed by atoms with Gasteiger partial charge >= 0.3 is 0 Å². The van der Waals surface area contributed by atoms with Crippen molar-refractivity contribution in [1.82, 2.24) is 13.9 Å². The highest BCUT2D eigenvalue weighted by Gasteiger charge is 2.38. The van der Waals surface area contributed by atoms with Gasteiger partial charge in [0.1, 0.15) is 5.82 Å². The van der Waals surface area contributed by atoms with Crippen LogP contribution in [0.25, 0.3) is 0 Å². The topological polar surface area (TPSA) is 81.2 Å². The van der Waals surface area contributed by atoms with Crippen molar-refractivity contribution in [1.29, 1.82) is 0 Å². The monoisotopic (exact) mass is 300 g/mol. The van der Waals surface area contributed by atoms with E-state index in [1.54, 1.807) is 10.5 Å². The summed E-state index contributed by atoms with van der Waals surface area (Å²) in [4.78, 5) is 4.22. The summed E-state index contributed by atoms with van der Waals surface area (Å²) in [5.41, 5.74) is 5.76. The first-order valence-corrected chi connectivity index (χ1v) is 8.63. The Morgan fingerprint density at radius 2 is 2.15 bits per heavy atom. The third-order valence-electron chi connectivity index (χ3n) is 4.06. The molecule has 0 saturated carbocycles. The first kappa shape index (κ1) is 15.5. The lowest BCUT2D eigenvalue weighted by Crippen LogP contribution is -2.51. The third-order valence-corrected chi connectivity index (χ3v) is 6.00. The number of rotatable bonds is 4. The average Bonchev–Trinajstić information content (AvgIpc) is 2.80. The number of hydrogen-bond donors (Lipinski definition) is 1. The molecule has 0 aromatic carbocycles. The molecular weight excluding hydrogens is 276 g/mol. The number of aromatic nitrogens is 2. The molecule has 0 radical (unpaired) electrons. The Hall–Kier alpha value is -0.920. The Morgan fingerprint density at radius 3 is 2.70 bits per heavy atom. The van der Waals surface area contributed by atoms with Gasteiger partial charge in [-0.05, 0) is 33.6 Å². The first-order chi connectivity index (χ1) is 9.41. The van der Waals surface area contributed by atoms with E-state index in [0.717, 1.165) is 25.1 Å². The predicted molar refractivity (Wildman–Crippen MR) is 77.8 cm³/mol. The molecule has 2 N–H and O–H groups in total. The highest BCUT2D eigenvalue weighted by molar-refractivity contribution is 7.89. The van der Waals surface area contributed by atoms with Crippen LogP contribution in [0.5, 0.6) is 0 Å². The maximum atomic E-state index is 12.8. The molecule has 114 valence electrons. The summed E-state index contributed by atoms with van der Waals surface area (Å²) < 4.78 is 29.1. The third kappa shape index (κ3) is 2.62. The van der Waals surface area contributed by atoms with Crippen molar-refractivity contribution in [2.75, 3.05) is 6.54 Å². The Labute approximate surface area is 121 Å². The Kier molecular flexibility index (Phi) is 4.51. The summed E-state index contributed by atoms with van der Waals surface area (Å²) in [5, 5.41) is 0.143. The van der Waals surface area contributed by atoms with Crippen LogP contribution < -0.4 is 5.73 Å². The van der Waals surface area contributed by atoms with E-state index in [1.807, 2.05) is 25.3 Å². The number of aryl methyl sites for hydroxylation is 2. The van der Waals surface area contributed by atoms with E-state index in [-0.39, 0.29) is 17.1 Å². The molecule has 1 aromatic rings. The van der Waals surface area contributed by atoms with Crippen LogP contribution in [0.3, 0.4) is 0 Å². The van der Waals surface area contributed by atoms with Crippen LogP contribution in [-0.4, -0.2) is 40.9 Å². The van der Waals surface area contributed by atoms with Gasteiger partial charge < -0.3 is 10.3 Å². The van der Waals surface area contributed by atoms with Gasteiger partial charge in [0.15, 0.2) is 5.03 Å². The Bertz CT molecular complexity index is 567. The lowest BCUT2D eigenvalue weighted by atomic mass is 10.00. The lowest BCUT2D eigenvalue weighted by Gasteiger charge is -2.38. The Morgan fingerprint density at radius 1 is 1.45 bits per heavy atom. The summed E-state index contributed by atoms with van der Waals surface area (Å²) in [6.07, 6.45) is 4.35. The van der Waals surface area contributed by atoms with E-state index in [1.165, 1.54) is 0 Å². The minimum absolute atomic E-state index is 0.0191. The molecule has 1 aliphatic rings. The fourth-order valence-corrected chi connectivity index (χ4v) is 4.84. The van der Waals surface area contributed by atoms with Gasteiger partial charge in [0, 0.05) is 31.4 Å². The molecule has 0 spiro atoms. The molecule has 1 saturated heterocycles. The van der Waals surface area contributed by atoms with Crippen molar-refractivity contribution in [3.05, 3.63) is 12.0 Å². The molecule has 0 amide bonds. The molecule has 1 fully saturated rings. The highest BCUT2D eigenvalue weighted by atomic mass is 32.2. The van der Waals surface area contributed by atoms with E-state index < -0.39 is 10.0 Å². The van der Waals surface area contributed by atoms with Crippen molar-refractivity contribution < 1.29 is 8.42 Å². The second-order valence-corrected chi connectivity index (χ2v) is 7.21. The molecule has 2 rings (SSSR count). The van der Waals surface area contributed by atoms with Gasteiger partial charge in [-0.25, -0.2) is 13.4 Å². The van der Waals surface area contributed by atoms with Crippen LogP contribution in [0, 0.1) is 6.92 Å². The second kappa shape index (κ2) is 5.83. The van der Waals surface area contributed by atoms with Crippen molar-refractivity contribution in [3.8, 4) is 0 Å². The zero-order valence-corrected chi connectivity index (χ0v) is 13.2. The average molecular weight is 300 g/mol. The maximum absolute atomic E-state index is 12.8. The fourth-order valence-electron chi connectivity index (χ4n) is 2.95. The van der Waals surface area contributed by atoms with E-state index in [2.05, 4.69) is 4.98 Å². The van der Waals surface area contributed by atoms with Crippen LogP contribution in [-0.2, 0) is 16.6 Å². The summed E-state index contributed by atoms with van der Waals surface area (Å²) in [6, 6.07) is -0.134. The molecular formula is C13H24N4O2S. The summed E-state index contributed by atoms with van der Waals surface area (Å²) in [7, 11) is -3.56.